The van der Waals surface area contributed by atoms with Gasteiger partial charge in [-0.05, 0) is 74.2 Å². The van der Waals surface area contributed by atoms with Crippen molar-refractivity contribution in [1.29, 1.82) is 0 Å². The van der Waals surface area contributed by atoms with Crippen LogP contribution in [0, 0.1) is 31.4 Å². The largest absolute Gasteiger partial charge is 0.355 e. The van der Waals surface area contributed by atoms with Gasteiger partial charge in [0.2, 0.25) is 5.91 Å². The molecule has 42 heavy (non-hydrogen) atoms. The van der Waals surface area contributed by atoms with Gasteiger partial charge >= 0.3 is 0 Å². The van der Waals surface area contributed by atoms with E-state index in [0.717, 1.165) is 36.0 Å². The fraction of sp³-hybridized carbons (Fsp3) is 0.355. The third-order valence-corrected chi connectivity index (χ3v) is 8.95. The first-order chi connectivity index (χ1) is 20.2. The van der Waals surface area contributed by atoms with Crippen LogP contribution in [0.25, 0.3) is 5.69 Å². The predicted molar refractivity (Wildman–Crippen MR) is 158 cm³/mol. The Bertz CT molecular complexity index is 1640. The Hall–Kier alpha value is -3.56. The molecule has 218 valence electrons. The number of rotatable bonds is 5. The van der Waals surface area contributed by atoms with E-state index in [9.17, 15) is 13.6 Å². The number of hydrogen-bond acceptors (Lipinski definition) is 5. The lowest BCUT2D eigenvalue weighted by atomic mass is 9.86. The van der Waals surface area contributed by atoms with E-state index in [1.54, 1.807) is 12.1 Å². The van der Waals surface area contributed by atoms with Crippen molar-refractivity contribution in [1.82, 2.24) is 24.6 Å². The van der Waals surface area contributed by atoms with Crippen LogP contribution in [0.1, 0.15) is 47.5 Å². The average molecular weight is 612 g/mol. The van der Waals surface area contributed by atoms with Gasteiger partial charge in [0.05, 0.1) is 11.6 Å². The highest BCUT2D eigenvalue weighted by Crippen LogP contribution is 2.39. The normalized spacial score (nSPS) is 19.5. The zero-order valence-corrected chi connectivity index (χ0v) is 24.8. The number of nitrogens with zero attached hydrogens (tertiary/aromatic N) is 6. The van der Waals surface area contributed by atoms with Gasteiger partial charge in [-0.15, -0.1) is 0 Å². The number of likely N-dealkylation sites (tertiary alicyclic amines) is 1. The summed E-state index contributed by atoms with van der Waals surface area (Å²) in [6, 6.07) is 14.7. The summed E-state index contributed by atoms with van der Waals surface area (Å²) in [5, 5.41) is 5.68. The lowest BCUT2D eigenvalue weighted by Crippen LogP contribution is -2.43. The lowest BCUT2D eigenvalue weighted by molar-refractivity contribution is -0.136. The number of carbonyl (C=O) groups is 1. The molecule has 2 fully saturated rings. The second-order valence-corrected chi connectivity index (χ2v) is 11.9. The van der Waals surface area contributed by atoms with Gasteiger partial charge in [-0.2, -0.15) is 5.10 Å². The molecule has 4 aromatic rings. The highest BCUT2D eigenvalue weighted by atomic mass is 35.5. The van der Waals surface area contributed by atoms with Crippen molar-refractivity contribution in [2.24, 2.45) is 5.92 Å². The van der Waals surface area contributed by atoms with Gasteiger partial charge in [0.25, 0.3) is 0 Å². The van der Waals surface area contributed by atoms with Gasteiger partial charge in [0, 0.05) is 49.1 Å². The van der Waals surface area contributed by atoms with E-state index in [0.29, 0.717) is 53.6 Å². The van der Waals surface area contributed by atoms with Crippen molar-refractivity contribution in [2.75, 3.05) is 31.1 Å². The molecule has 11 heteroatoms. The van der Waals surface area contributed by atoms with E-state index >= 15 is 0 Å². The molecule has 1 amide bonds. The first-order valence-corrected chi connectivity index (χ1v) is 14.7. The Balaban J connectivity index is 1.22. The van der Waals surface area contributed by atoms with Gasteiger partial charge in [-0.3, -0.25) is 4.79 Å². The molecule has 0 bridgehead atoms. The Morgan fingerprint density at radius 1 is 0.952 bits per heavy atom. The van der Waals surface area contributed by atoms with E-state index in [-0.39, 0.29) is 11.8 Å². The second-order valence-electron chi connectivity index (χ2n) is 11.1. The summed E-state index contributed by atoms with van der Waals surface area (Å²) in [6.07, 6.45) is 1.44. The van der Waals surface area contributed by atoms with Crippen LogP contribution in [0.5, 0.6) is 0 Å². The molecule has 0 aliphatic carbocycles. The van der Waals surface area contributed by atoms with E-state index in [1.807, 2.05) is 52.6 Å². The molecule has 0 saturated carbocycles. The highest BCUT2D eigenvalue weighted by molar-refractivity contribution is 6.31. The monoisotopic (exact) mass is 610 g/mol. The number of hydrogen-bond donors (Lipinski definition) is 0. The molecule has 2 aliphatic rings. The summed E-state index contributed by atoms with van der Waals surface area (Å²) >= 11 is 12.4. The Labute approximate surface area is 253 Å². The number of aromatic nitrogens is 4. The zero-order valence-electron chi connectivity index (χ0n) is 23.3. The number of carbonyl (C=O) groups excluding carboxylic acids is 1. The summed E-state index contributed by atoms with van der Waals surface area (Å²) in [7, 11) is 0. The minimum atomic E-state index is -0.649. The van der Waals surface area contributed by atoms with Gasteiger partial charge in [0.1, 0.15) is 34.3 Å². The lowest BCUT2D eigenvalue weighted by Gasteiger charge is -2.34. The van der Waals surface area contributed by atoms with Crippen molar-refractivity contribution < 1.29 is 13.6 Å². The van der Waals surface area contributed by atoms with Crippen LogP contribution in [0.3, 0.4) is 0 Å². The summed E-state index contributed by atoms with van der Waals surface area (Å²) in [5.74, 6) is -0.0385. The standard InChI is InChI=1S/C31H30Cl2F2N6O/c1-18-14-22(7-9-26(18)32)41-30(36-19(2)38-41)20-10-12-39(13-11-20)31(42)25-17-40(29-5-3-4-28(33)37-29)16-24(25)23-8-6-21(34)15-27(23)35/h3-9,14-15,20,24-25H,10-13,16-17H2,1-2H3/t24-,25+/m0/s1. The summed E-state index contributed by atoms with van der Waals surface area (Å²) < 4.78 is 30.6. The Kier molecular flexibility index (Phi) is 7.89. The number of aryl methyl sites for hydroxylation is 2. The molecule has 2 atom stereocenters. The SMILES string of the molecule is Cc1nc(C2CCN(C(=O)[C@@H]3CN(c4cccc(Cl)n4)C[C@H]3c3ccc(F)cc3F)CC2)n(-c2ccc(Cl)c(C)c2)n1. The maximum atomic E-state index is 15.0. The highest BCUT2D eigenvalue weighted by Gasteiger charge is 2.43. The number of piperidine rings is 1. The molecular weight excluding hydrogens is 581 g/mol. The molecule has 0 radical (unpaired) electrons. The summed E-state index contributed by atoms with van der Waals surface area (Å²) in [4.78, 5) is 27.0. The first kappa shape index (κ1) is 28.6. The quantitative estimate of drug-likeness (QED) is 0.242. The van der Waals surface area contributed by atoms with Crippen molar-refractivity contribution >= 4 is 34.9 Å². The van der Waals surface area contributed by atoms with Gasteiger partial charge in [-0.1, -0.05) is 35.3 Å². The van der Waals surface area contributed by atoms with Gasteiger partial charge in [0.15, 0.2) is 0 Å². The Morgan fingerprint density at radius 3 is 2.45 bits per heavy atom. The third-order valence-electron chi connectivity index (χ3n) is 8.32. The van der Waals surface area contributed by atoms with Crippen molar-refractivity contribution in [2.45, 2.75) is 38.5 Å². The van der Waals surface area contributed by atoms with Crippen molar-refractivity contribution in [3.8, 4) is 5.69 Å². The predicted octanol–water partition coefficient (Wildman–Crippen LogP) is 6.49. The van der Waals surface area contributed by atoms with Crippen LogP contribution in [0.4, 0.5) is 14.6 Å². The molecule has 2 aromatic carbocycles. The minimum Gasteiger partial charge on any atom is -0.355 e. The smallest absolute Gasteiger partial charge is 0.228 e. The molecule has 6 rings (SSSR count). The zero-order chi connectivity index (χ0) is 29.5. The van der Waals surface area contributed by atoms with E-state index in [2.05, 4.69) is 10.1 Å². The van der Waals surface area contributed by atoms with Crippen LogP contribution in [0.15, 0.2) is 54.6 Å². The van der Waals surface area contributed by atoms with Crippen LogP contribution in [-0.4, -0.2) is 56.7 Å². The Morgan fingerprint density at radius 2 is 1.74 bits per heavy atom. The van der Waals surface area contributed by atoms with Gasteiger partial charge < -0.3 is 9.80 Å². The van der Waals surface area contributed by atoms with Crippen LogP contribution in [0.2, 0.25) is 10.2 Å². The van der Waals surface area contributed by atoms with E-state index < -0.39 is 23.5 Å². The molecule has 2 saturated heterocycles. The van der Waals surface area contributed by atoms with Crippen LogP contribution >= 0.6 is 23.2 Å². The summed E-state index contributed by atoms with van der Waals surface area (Å²) in [6.45, 7) is 5.63. The third kappa shape index (κ3) is 5.60. The second kappa shape index (κ2) is 11.6. The summed E-state index contributed by atoms with van der Waals surface area (Å²) in [5.41, 5.74) is 2.19. The fourth-order valence-corrected chi connectivity index (χ4v) is 6.45. The average Bonchev–Trinajstić information content (AvgIpc) is 3.59. The topological polar surface area (TPSA) is 67.2 Å². The first-order valence-electron chi connectivity index (χ1n) is 14.0. The molecule has 7 nitrogen and oxygen atoms in total. The molecule has 0 unspecified atom stereocenters. The number of amides is 1. The molecule has 0 N–H and O–H groups in total. The number of benzene rings is 2. The number of anilines is 1. The molecule has 4 heterocycles. The molecule has 2 aromatic heterocycles. The minimum absolute atomic E-state index is 0.0438. The molecular formula is C31H30Cl2F2N6O. The van der Waals surface area contributed by atoms with E-state index in [1.165, 1.54) is 12.1 Å². The molecule has 0 spiro atoms. The maximum absolute atomic E-state index is 15.0. The maximum Gasteiger partial charge on any atom is 0.228 e. The van der Waals surface area contributed by atoms with Gasteiger partial charge in [-0.25, -0.2) is 23.4 Å². The van der Waals surface area contributed by atoms with Crippen LogP contribution < -0.4 is 4.90 Å². The van der Waals surface area contributed by atoms with E-state index in [4.69, 9.17) is 28.2 Å². The number of pyridine rings is 1. The fourth-order valence-electron chi connectivity index (χ4n) is 6.17. The van der Waals surface area contributed by atoms with Crippen molar-refractivity contribution in [3.05, 3.63) is 99.2 Å². The number of halogens is 4. The molecule has 2 aliphatic heterocycles. The van der Waals surface area contributed by atoms with Crippen molar-refractivity contribution in [3.63, 3.8) is 0 Å². The van der Waals surface area contributed by atoms with Crippen LogP contribution in [-0.2, 0) is 4.79 Å².